The standard InChI is InChI=1S/C23H23N5O3/c1-3-28-20(15-16(2)27-28)23-26-25-22(31-23)14-13-21(29)24-17-9-11-19(12-10-17)30-18-7-5-4-6-8-18/h4-12,15H,3,13-14H2,1-2H3,(H,24,29). The average molecular weight is 417 g/mol. The molecular formula is C23H23N5O3. The first kappa shape index (κ1) is 20.3. The minimum Gasteiger partial charge on any atom is -0.457 e. The summed E-state index contributed by atoms with van der Waals surface area (Å²) in [5.41, 5.74) is 2.36. The summed E-state index contributed by atoms with van der Waals surface area (Å²) in [5, 5.41) is 15.4. The molecule has 1 N–H and O–H groups in total. The van der Waals surface area contributed by atoms with Crippen molar-refractivity contribution in [3.05, 3.63) is 72.2 Å². The highest BCUT2D eigenvalue weighted by molar-refractivity contribution is 5.90. The maximum atomic E-state index is 12.3. The van der Waals surface area contributed by atoms with E-state index in [-0.39, 0.29) is 12.3 Å². The number of aromatic nitrogens is 4. The first-order chi connectivity index (χ1) is 15.1. The molecule has 31 heavy (non-hydrogen) atoms. The molecule has 0 spiro atoms. The lowest BCUT2D eigenvalue weighted by Gasteiger charge is -2.07. The minimum atomic E-state index is -0.133. The monoisotopic (exact) mass is 417 g/mol. The summed E-state index contributed by atoms with van der Waals surface area (Å²) < 4.78 is 13.3. The minimum absolute atomic E-state index is 0.133. The lowest BCUT2D eigenvalue weighted by molar-refractivity contribution is -0.116. The fourth-order valence-corrected chi connectivity index (χ4v) is 3.09. The van der Waals surface area contributed by atoms with E-state index in [1.165, 1.54) is 0 Å². The molecule has 0 saturated heterocycles. The van der Waals surface area contributed by atoms with Crippen LogP contribution in [0.15, 0.2) is 65.1 Å². The van der Waals surface area contributed by atoms with Gasteiger partial charge in [0.15, 0.2) is 0 Å². The van der Waals surface area contributed by atoms with Gasteiger partial charge in [0.05, 0.1) is 5.69 Å². The second-order valence-corrected chi connectivity index (χ2v) is 6.98. The summed E-state index contributed by atoms with van der Waals surface area (Å²) in [5.74, 6) is 2.15. The van der Waals surface area contributed by atoms with Gasteiger partial charge in [0.25, 0.3) is 5.89 Å². The van der Waals surface area contributed by atoms with Gasteiger partial charge in [-0.15, -0.1) is 10.2 Å². The molecule has 0 radical (unpaired) electrons. The van der Waals surface area contributed by atoms with E-state index in [1.54, 1.807) is 12.1 Å². The lowest BCUT2D eigenvalue weighted by Crippen LogP contribution is -2.12. The van der Waals surface area contributed by atoms with Gasteiger partial charge < -0.3 is 14.5 Å². The molecule has 158 valence electrons. The van der Waals surface area contributed by atoms with Crippen LogP contribution in [-0.4, -0.2) is 25.9 Å². The van der Waals surface area contributed by atoms with Crippen molar-refractivity contribution >= 4 is 11.6 Å². The third-order valence-corrected chi connectivity index (χ3v) is 4.57. The summed E-state index contributed by atoms with van der Waals surface area (Å²) in [7, 11) is 0. The van der Waals surface area contributed by atoms with E-state index in [9.17, 15) is 4.79 Å². The topological polar surface area (TPSA) is 95.1 Å². The number of ether oxygens (including phenoxy) is 1. The number of para-hydroxylation sites is 1. The van der Waals surface area contributed by atoms with Crippen LogP contribution in [0.2, 0.25) is 0 Å². The normalized spacial score (nSPS) is 10.8. The predicted octanol–water partition coefficient (Wildman–Crippen LogP) is 4.63. The van der Waals surface area contributed by atoms with E-state index < -0.39 is 0 Å². The number of anilines is 1. The molecule has 0 fully saturated rings. The van der Waals surface area contributed by atoms with Gasteiger partial charge in [0, 0.05) is 25.1 Å². The maximum absolute atomic E-state index is 12.3. The molecule has 0 aliphatic heterocycles. The molecule has 0 aliphatic carbocycles. The summed E-state index contributed by atoms with van der Waals surface area (Å²) in [6, 6.07) is 18.7. The molecule has 8 nitrogen and oxygen atoms in total. The zero-order valence-electron chi connectivity index (χ0n) is 17.4. The lowest BCUT2D eigenvalue weighted by atomic mass is 10.2. The van der Waals surface area contributed by atoms with E-state index in [0.717, 1.165) is 17.1 Å². The smallest absolute Gasteiger partial charge is 0.265 e. The number of benzene rings is 2. The molecule has 2 aromatic carbocycles. The number of amides is 1. The number of hydrogen-bond acceptors (Lipinski definition) is 6. The number of aryl methyl sites for hydroxylation is 3. The van der Waals surface area contributed by atoms with Crippen molar-refractivity contribution < 1.29 is 13.9 Å². The summed E-state index contributed by atoms with van der Waals surface area (Å²) >= 11 is 0. The largest absolute Gasteiger partial charge is 0.457 e. The molecule has 0 saturated carbocycles. The molecule has 0 aliphatic rings. The number of carbonyl (C=O) groups is 1. The highest BCUT2D eigenvalue weighted by atomic mass is 16.5. The number of carbonyl (C=O) groups excluding carboxylic acids is 1. The summed E-state index contributed by atoms with van der Waals surface area (Å²) in [6.07, 6.45) is 0.587. The Kier molecular flexibility index (Phi) is 6.07. The van der Waals surface area contributed by atoms with Crippen molar-refractivity contribution in [3.63, 3.8) is 0 Å². The van der Waals surface area contributed by atoms with Gasteiger partial charge >= 0.3 is 0 Å². The molecule has 0 bridgehead atoms. The van der Waals surface area contributed by atoms with Crippen LogP contribution < -0.4 is 10.1 Å². The number of nitrogens with one attached hydrogen (secondary N) is 1. The summed E-state index contributed by atoms with van der Waals surface area (Å²) in [4.78, 5) is 12.3. The van der Waals surface area contributed by atoms with E-state index in [0.29, 0.717) is 36.2 Å². The van der Waals surface area contributed by atoms with Crippen molar-refractivity contribution in [2.45, 2.75) is 33.2 Å². The van der Waals surface area contributed by atoms with Gasteiger partial charge in [-0.25, -0.2) is 0 Å². The van der Waals surface area contributed by atoms with Crippen molar-refractivity contribution in [1.82, 2.24) is 20.0 Å². The van der Waals surface area contributed by atoms with E-state index >= 15 is 0 Å². The van der Waals surface area contributed by atoms with Gasteiger partial charge in [-0.2, -0.15) is 5.10 Å². The van der Waals surface area contributed by atoms with Crippen LogP contribution in [0.3, 0.4) is 0 Å². The van der Waals surface area contributed by atoms with Crippen LogP contribution in [0, 0.1) is 6.92 Å². The molecule has 4 rings (SSSR count). The van der Waals surface area contributed by atoms with Gasteiger partial charge in [0.2, 0.25) is 11.8 Å². The Morgan fingerprint density at radius 2 is 1.81 bits per heavy atom. The quantitative estimate of drug-likeness (QED) is 0.449. The molecule has 0 atom stereocenters. The van der Waals surface area contributed by atoms with E-state index in [2.05, 4.69) is 20.6 Å². The average Bonchev–Trinajstić information content (AvgIpc) is 3.40. The molecule has 2 heterocycles. The van der Waals surface area contributed by atoms with Crippen LogP contribution in [0.1, 0.15) is 24.9 Å². The highest BCUT2D eigenvalue weighted by Gasteiger charge is 2.15. The third-order valence-electron chi connectivity index (χ3n) is 4.57. The molecular weight excluding hydrogens is 394 g/mol. The predicted molar refractivity (Wildman–Crippen MR) is 116 cm³/mol. The zero-order valence-corrected chi connectivity index (χ0v) is 17.4. The fourth-order valence-electron chi connectivity index (χ4n) is 3.09. The SMILES string of the molecule is CCn1nc(C)cc1-c1nnc(CCC(=O)Nc2ccc(Oc3ccccc3)cc2)o1. The Hall–Kier alpha value is -3.94. The Balaban J connectivity index is 1.30. The van der Waals surface area contributed by atoms with Crippen LogP contribution in [0.5, 0.6) is 11.5 Å². The van der Waals surface area contributed by atoms with Gasteiger partial charge in [0.1, 0.15) is 17.2 Å². The van der Waals surface area contributed by atoms with E-state index in [4.69, 9.17) is 9.15 Å². The van der Waals surface area contributed by atoms with Gasteiger partial charge in [-0.05, 0) is 56.3 Å². The van der Waals surface area contributed by atoms with Gasteiger partial charge in [-0.1, -0.05) is 18.2 Å². The van der Waals surface area contributed by atoms with Gasteiger partial charge in [-0.3, -0.25) is 9.48 Å². The van der Waals surface area contributed by atoms with E-state index in [1.807, 2.05) is 67.1 Å². The summed E-state index contributed by atoms with van der Waals surface area (Å²) in [6.45, 7) is 4.62. The fraction of sp³-hybridized carbons (Fsp3) is 0.217. The van der Waals surface area contributed by atoms with Crippen LogP contribution >= 0.6 is 0 Å². The Bertz CT molecular complexity index is 1150. The Labute approximate surface area is 179 Å². The maximum Gasteiger partial charge on any atom is 0.265 e. The number of hydrogen-bond donors (Lipinski definition) is 1. The zero-order chi connectivity index (χ0) is 21.6. The first-order valence-electron chi connectivity index (χ1n) is 10.1. The van der Waals surface area contributed by atoms with Crippen LogP contribution in [0.4, 0.5) is 5.69 Å². The molecule has 1 amide bonds. The second-order valence-electron chi connectivity index (χ2n) is 6.98. The Morgan fingerprint density at radius 1 is 1.06 bits per heavy atom. The Morgan fingerprint density at radius 3 is 2.55 bits per heavy atom. The highest BCUT2D eigenvalue weighted by Crippen LogP contribution is 2.23. The second kappa shape index (κ2) is 9.25. The molecule has 4 aromatic rings. The van der Waals surface area contributed by atoms with Crippen molar-refractivity contribution in [2.24, 2.45) is 0 Å². The van der Waals surface area contributed by atoms with Crippen molar-refractivity contribution in [3.8, 4) is 23.1 Å². The molecule has 2 aromatic heterocycles. The number of rotatable bonds is 8. The third kappa shape index (κ3) is 5.16. The van der Waals surface area contributed by atoms with Crippen LogP contribution in [-0.2, 0) is 17.8 Å². The van der Waals surface area contributed by atoms with Crippen molar-refractivity contribution in [1.29, 1.82) is 0 Å². The first-order valence-corrected chi connectivity index (χ1v) is 10.1. The molecule has 0 unspecified atom stereocenters. The van der Waals surface area contributed by atoms with Crippen molar-refractivity contribution in [2.75, 3.05) is 5.32 Å². The molecule has 8 heteroatoms. The van der Waals surface area contributed by atoms with Crippen LogP contribution in [0.25, 0.3) is 11.6 Å². The number of nitrogens with zero attached hydrogens (tertiary/aromatic N) is 4.